The Hall–Kier alpha value is -3.10. The van der Waals surface area contributed by atoms with Crippen LogP contribution < -0.4 is 11.1 Å². The molecular formula is C20H17ClN2O3. The van der Waals surface area contributed by atoms with Crippen LogP contribution in [0.1, 0.15) is 39.1 Å². The van der Waals surface area contributed by atoms with Crippen LogP contribution in [0.5, 0.6) is 0 Å². The fourth-order valence-electron chi connectivity index (χ4n) is 2.10. The zero-order chi connectivity index (χ0) is 18.9. The zero-order valence-electron chi connectivity index (χ0n) is 13.9. The summed E-state index contributed by atoms with van der Waals surface area (Å²) in [6, 6.07) is 13.1. The van der Waals surface area contributed by atoms with Crippen molar-refractivity contribution < 1.29 is 14.4 Å². The van der Waals surface area contributed by atoms with Crippen LogP contribution in [0.25, 0.3) is 0 Å². The third-order valence-corrected chi connectivity index (χ3v) is 3.77. The van der Waals surface area contributed by atoms with Gasteiger partial charge in [-0.15, -0.1) is 0 Å². The van der Waals surface area contributed by atoms with E-state index in [1.54, 1.807) is 48.5 Å². The van der Waals surface area contributed by atoms with E-state index in [1.165, 1.54) is 0 Å². The summed E-state index contributed by atoms with van der Waals surface area (Å²) in [5.41, 5.74) is 6.81. The number of halogens is 1. The molecule has 0 unspecified atom stereocenters. The van der Waals surface area contributed by atoms with E-state index in [-0.39, 0.29) is 31.1 Å². The molecule has 2 amide bonds. The highest BCUT2D eigenvalue weighted by Crippen LogP contribution is 2.11. The van der Waals surface area contributed by atoms with Crippen molar-refractivity contribution in [2.75, 3.05) is 6.54 Å². The van der Waals surface area contributed by atoms with Gasteiger partial charge in [-0.3, -0.25) is 14.4 Å². The molecule has 0 radical (unpaired) electrons. The van der Waals surface area contributed by atoms with Gasteiger partial charge in [0.25, 0.3) is 0 Å². The molecule has 2 aromatic carbocycles. The number of hydrogen-bond acceptors (Lipinski definition) is 3. The van der Waals surface area contributed by atoms with E-state index >= 15 is 0 Å². The second-order valence-electron chi connectivity index (χ2n) is 5.45. The van der Waals surface area contributed by atoms with E-state index in [4.69, 9.17) is 17.3 Å². The number of ketones is 1. The van der Waals surface area contributed by atoms with Gasteiger partial charge >= 0.3 is 0 Å². The van der Waals surface area contributed by atoms with Crippen molar-refractivity contribution in [2.45, 2.75) is 12.8 Å². The maximum Gasteiger partial charge on any atom is 0.248 e. The number of amides is 2. The maximum absolute atomic E-state index is 12.0. The average Bonchev–Trinajstić information content (AvgIpc) is 2.64. The van der Waals surface area contributed by atoms with Crippen molar-refractivity contribution in [1.82, 2.24) is 5.32 Å². The molecule has 0 heterocycles. The van der Waals surface area contributed by atoms with Gasteiger partial charge in [-0.05, 0) is 48.5 Å². The fourth-order valence-corrected chi connectivity index (χ4v) is 2.23. The molecule has 0 aliphatic rings. The number of nitrogens with one attached hydrogen (secondary N) is 1. The van der Waals surface area contributed by atoms with E-state index in [0.29, 0.717) is 21.7 Å². The summed E-state index contributed by atoms with van der Waals surface area (Å²) in [6.07, 6.45) is 0.214. The van der Waals surface area contributed by atoms with E-state index in [1.807, 2.05) is 0 Å². The Morgan fingerprint density at radius 1 is 0.923 bits per heavy atom. The summed E-state index contributed by atoms with van der Waals surface area (Å²) < 4.78 is 0. The Bertz CT molecular complexity index is 863. The van der Waals surface area contributed by atoms with Crippen LogP contribution in [-0.2, 0) is 4.79 Å². The maximum atomic E-state index is 12.0. The lowest BCUT2D eigenvalue weighted by molar-refractivity contribution is -0.120. The van der Waals surface area contributed by atoms with Crippen LogP contribution in [0.15, 0.2) is 48.5 Å². The van der Waals surface area contributed by atoms with Crippen molar-refractivity contribution in [1.29, 1.82) is 0 Å². The number of nitrogens with two attached hydrogens (primary N) is 1. The number of hydrogen-bond donors (Lipinski definition) is 2. The van der Waals surface area contributed by atoms with Crippen LogP contribution in [0.2, 0.25) is 5.02 Å². The van der Waals surface area contributed by atoms with Crippen molar-refractivity contribution in [3.05, 3.63) is 70.2 Å². The highest BCUT2D eigenvalue weighted by Gasteiger charge is 2.08. The van der Waals surface area contributed by atoms with Gasteiger partial charge in [0.2, 0.25) is 11.8 Å². The van der Waals surface area contributed by atoms with Gasteiger partial charge in [-0.25, -0.2) is 0 Å². The summed E-state index contributed by atoms with van der Waals surface area (Å²) >= 11 is 5.77. The first kappa shape index (κ1) is 19.2. The van der Waals surface area contributed by atoms with E-state index in [2.05, 4.69) is 17.2 Å². The first-order valence-corrected chi connectivity index (χ1v) is 8.27. The Morgan fingerprint density at radius 2 is 1.54 bits per heavy atom. The highest BCUT2D eigenvalue weighted by molar-refractivity contribution is 6.30. The van der Waals surface area contributed by atoms with Crippen molar-refractivity contribution >= 4 is 29.2 Å². The monoisotopic (exact) mass is 368 g/mol. The van der Waals surface area contributed by atoms with Crippen LogP contribution in [0.4, 0.5) is 0 Å². The molecule has 0 bridgehead atoms. The molecule has 0 aliphatic carbocycles. The molecule has 0 saturated carbocycles. The summed E-state index contributed by atoms with van der Waals surface area (Å²) in [4.78, 5) is 34.7. The number of carbonyl (C=O) groups excluding carboxylic acids is 3. The quantitative estimate of drug-likeness (QED) is 0.606. The van der Waals surface area contributed by atoms with Crippen LogP contribution in [-0.4, -0.2) is 24.1 Å². The minimum Gasteiger partial charge on any atom is -0.366 e. The number of rotatable bonds is 6. The molecule has 0 aromatic heterocycles. The van der Waals surface area contributed by atoms with Crippen LogP contribution in [0, 0.1) is 11.8 Å². The fraction of sp³-hybridized carbons (Fsp3) is 0.150. The highest BCUT2D eigenvalue weighted by atomic mass is 35.5. The van der Waals surface area contributed by atoms with E-state index in [0.717, 1.165) is 0 Å². The summed E-state index contributed by atoms with van der Waals surface area (Å²) in [7, 11) is 0. The van der Waals surface area contributed by atoms with E-state index < -0.39 is 5.91 Å². The molecule has 2 aromatic rings. The number of primary amides is 1. The lowest BCUT2D eigenvalue weighted by Gasteiger charge is -2.02. The number of benzene rings is 2. The molecule has 26 heavy (non-hydrogen) atoms. The van der Waals surface area contributed by atoms with Gasteiger partial charge in [0, 0.05) is 34.6 Å². The lowest BCUT2D eigenvalue weighted by Crippen LogP contribution is -2.24. The molecule has 5 nitrogen and oxygen atoms in total. The predicted octanol–water partition coefficient (Wildman–Crippen LogP) is 2.57. The van der Waals surface area contributed by atoms with Gasteiger partial charge in [-0.2, -0.15) is 0 Å². The molecule has 6 heteroatoms. The predicted molar refractivity (Wildman–Crippen MR) is 99.9 cm³/mol. The minimum atomic E-state index is -0.495. The largest absolute Gasteiger partial charge is 0.366 e. The van der Waals surface area contributed by atoms with E-state index in [9.17, 15) is 14.4 Å². The van der Waals surface area contributed by atoms with Gasteiger partial charge < -0.3 is 11.1 Å². The lowest BCUT2D eigenvalue weighted by atomic mass is 10.1. The molecule has 0 fully saturated rings. The Kier molecular flexibility index (Phi) is 6.95. The number of Topliss-reactive ketones (excluding diaryl/α,β-unsaturated/α-hetero) is 1. The Morgan fingerprint density at radius 3 is 2.15 bits per heavy atom. The molecule has 0 aliphatic heterocycles. The SMILES string of the molecule is NC(=O)c1ccc(C#CCNC(=O)CCC(=O)c2ccc(Cl)cc2)cc1. The van der Waals surface area contributed by atoms with Gasteiger partial charge in [0.1, 0.15) is 0 Å². The van der Waals surface area contributed by atoms with Gasteiger partial charge in [-0.1, -0.05) is 23.4 Å². The Labute approximate surface area is 156 Å². The third-order valence-electron chi connectivity index (χ3n) is 3.52. The second-order valence-corrected chi connectivity index (χ2v) is 5.89. The topological polar surface area (TPSA) is 89.3 Å². The minimum absolute atomic E-state index is 0.0937. The van der Waals surface area contributed by atoms with Crippen molar-refractivity contribution in [2.24, 2.45) is 5.73 Å². The molecule has 2 rings (SSSR count). The zero-order valence-corrected chi connectivity index (χ0v) is 14.7. The van der Waals surface area contributed by atoms with Crippen LogP contribution >= 0.6 is 11.6 Å². The third kappa shape index (κ3) is 6.08. The van der Waals surface area contributed by atoms with Gasteiger partial charge in [0.05, 0.1) is 6.54 Å². The smallest absolute Gasteiger partial charge is 0.248 e. The molecule has 132 valence electrons. The molecular weight excluding hydrogens is 352 g/mol. The summed E-state index contributed by atoms with van der Waals surface area (Å²) in [5, 5.41) is 3.20. The molecule has 0 spiro atoms. The first-order chi connectivity index (χ1) is 12.5. The normalized spacial score (nSPS) is 9.73. The van der Waals surface area contributed by atoms with Crippen molar-refractivity contribution in [3.8, 4) is 11.8 Å². The molecule has 3 N–H and O–H groups in total. The van der Waals surface area contributed by atoms with Crippen molar-refractivity contribution in [3.63, 3.8) is 0 Å². The summed E-state index contributed by atoms with van der Waals surface area (Å²) in [6.45, 7) is 0.172. The molecule has 0 atom stereocenters. The Balaban J connectivity index is 1.74. The summed E-state index contributed by atoms with van der Waals surface area (Å²) in [5.74, 6) is 4.82. The van der Waals surface area contributed by atoms with Crippen LogP contribution in [0.3, 0.4) is 0 Å². The number of carbonyl (C=O) groups is 3. The molecule has 0 saturated heterocycles. The first-order valence-electron chi connectivity index (χ1n) is 7.90. The van der Waals surface area contributed by atoms with Gasteiger partial charge in [0.15, 0.2) is 5.78 Å². The second kappa shape index (κ2) is 9.40. The average molecular weight is 369 g/mol. The standard InChI is InChI=1S/C20H17ClN2O3/c21-17-9-7-15(8-10-17)18(24)11-12-19(25)23-13-1-2-14-3-5-16(6-4-14)20(22)26/h3-10H,11-13H2,(H2,22,26)(H,23,25).